The minimum absolute atomic E-state index is 0.0629. The van der Waals surface area contributed by atoms with Crippen molar-refractivity contribution in [2.75, 3.05) is 11.4 Å². The van der Waals surface area contributed by atoms with Gasteiger partial charge < -0.3 is 5.32 Å². The normalized spacial score (nSPS) is 11.9. The number of halogens is 1. The van der Waals surface area contributed by atoms with Crippen LogP contribution in [-0.4, -0.2) is 26.9 Å². The maximum absolute atomic E-state index is 13.9. The van der Waals surface area contributed by atoms with Crippen LogP contribution in [0.3, 0.4) is 0 Å². The zero-order valence-electron chi connectivity index (χ0n) is 14.6. The number of rotatable bonds is 4. The van der Waals surface area contributed by atoms with Crippen LogP contribution in [0.15, 0.2) is 53.4 Å². The second-order valence-corrected chi connectivity index (χ2v) is 8.63. The van der Waals surface area contributed by atoms with E-state index < -0.39 is 21.4 Å². The van der Waals surface area contributed by atoms with E-state index in [-0.39, 0.29) is 22.1 Å². The van der Waals surface area contributed by atoms with Gasteiger partial charge in [0.25, 0.3) is 15.9 Å². The summed E-state index contributed by atoms with van der Waals surface area (Å²) < 4.78 is 40.3. The van der Waals surface area contributed by atoms with Gasteiger partial charge >= 0.3 is 0 Å². The van der Waals surface area contributed by atoms with E-state index in [1.54, 1.807) is 6.07 Å². The van der Waals surface area contributed by atoms with Crippen LogP contribution < -0.4 is 9.62 Å². The SMILES string of the molecule is CN(c1ccccc1F)S(=O)(=O)c1cccc(C(=O)NC(C)(C)C)c1. The van der Waals surface area contributed by atoms with Crippen molar-refractivity contribution in [2.24, 2.45) is 0 Å². The van der Waals surface area contributed by atoms with Crippen molar-refractivity contribution in [3.05, 3.63) is 59.9 Å². The Morgan fingerprint density at radius 3 is 2.32 bits per heavy atom. The number of hydrogen-bond donors (Lipinski definition) is 1. The molecule has 0 aromatic heterocycles. The lowest BCUT2D eigenvalue weighted by atomic mass is 10.1. The van der Waals surface area contributed by atoms with Crippen molar-refractivity contribution in [3.8, 4) is 0 Å². The standard InChI is InChI=1S/C18H21FN2O3S/c1-18(2,3)20-17(22)13-8-7-9-14(12-13)25(23,24)21(4)16-11-6-5-10-15(16)19/h5-12H,1-4H3,(H,20,22). The fraction of sp³-hybridized carbons (Fsp3) is 0.278. The fourth-order valence-corrected chi connectivity index (χ4v) is 3.45. The Hall–Kier alpha value is -2.41. The Bertz CT molecular complexity index is 889. The van der Waals surface area contributed by atoms with E-state index in [1.165, 1.54) is 49.5 Å². The number of carbonyl (C=O) groups excluding carboxylic acids is 1. The molecule has 0 saturated heterocycles. The van der Waals surface area contributed by atoms with Crippen molar-refractivity contribution in [1.82, 2.24) is 5.32 Å². The Balaban J connectivity index is 2.39. The summed E-state index contributed by atoms with van der Waals surface area (Å²) >= 11 is 0. The van der Waals surface area contributed by atoms with Crippen LogP contribution in [0.5, 0.6) is 0 Å². The molecule has 0 aliphatic rings. The minimum atomic E-state index is -4.00. The Morgan fingerprint density at radius 2 is 1.72 bits per heavy atom. The van der Waals surface area contributed by atoms with Gasteiger partial charge in [0, 0.05) is 18.2 Å². The number of anilines is 1. The molecular formula is C18H21FN2O3S. The van der Waals surface area contributed by atoms with Gasteiger partial charge in [-0.15, -0.1) is 0 Å². The lowest BCUT2D eigenvalue weighted by Gasteiger charge is -2.22. The molecule has 1 N–H and O–H groups in total. The second kappa shape index (κ2) is 6.84. The maximum atomic E-state index is 13.9. The molecule has 0 fully saturated rings. The molecule has 0 saturated carbocycles. The summed E-state index contributed by atoms with van der Waals surface area (Å²) in [4.78, 5) is 12.2. The largest absolute Gasteiger partial charge is 0.347 e. The number of nitrogens with one attached hydrogen (secondary N) is 1. The monoisotopic (exact) mass is 364 g/mol. The number of carbonyl (C=O) groups is 1. The summed E-state index contributed by atoms with van der Waals surface area (Å²) in [5, 5.41) is 2.78. The third kappa shape index (κ3) is 4.36. The number of amides is 1. The number of benzene rings is 2. The molecule has 1 amide bonds. The first-order valence-corrected chi connectivity index (χ1v) is 9.12. The van der Waals surface area contributed by atoms with E-state index >= 15 is 0 Å². The Morgan fingerprint density at radius 1 is 1.08 bits per heavy atom. The number of nitrogens with zero attached hydrogens (tertiary/aromatic N) is 1. The van der Waals surface area contributed by atoms with E-state index in [0.717, 1.165) is 4.31 Å². The van der Waals surface area contributed by atoms with Crippen LogP contribution in [0.1, 0.15) is 31.1 Å². The third-order valence-electron chi connectivity index (χ3n) is 3.43. The molecule has 2 aromatic carbocycles. The van der Waals surface area contributed by atoms with Gasteiger partial charge in [0.05, 0.1) is 10.6 Å². The topological polar surface area (TPSA) is 66.5 Å². The summed E-state index contributed by atoms with van der Waals surface area (Å²) in [7, 11) is -2.73. The molecule has 0 aliphatic carbocycles. The molecule has 5 nitrogen and oxygen atoms in total. The van der Waals surface area contributed by atoms with E-state index in [2.05, 4.69) is 5.32 Å². The van der Waals surface area contributed by atoms with Crippen LogP contribution in [0.2, 0.25) is 0 Å². The predicted molar refractivity (Wildman–Crippen MR) is 95.7 cm³/mol. The summed E-state index contributed by atoms with van der Waals surface area (Å²) in [5.74, 6) is -1.02. The highest BCUT2D eigenvalue weighted by Crippen LogP contribution is 2.25. The first-order valence-electron chi connectivity index (χ1n) is 7.68. The van der Waals surface area contributed by atoms with Gasteiger partial charge in [-0.1, -0.05) is 18.2 Å². The first-order chi connectivity index (χ1) is 11.5. The van der Waals surface area contributed by atoms with Crippen LogP contribution in [0, 0.1) is 5.82 Å². The van der Waals surface area contributed by atoms with Crippen LogP contribution in [-0.2, 0) is 10.0 Å². The van der Waals surface area contributed by atoms with E-state index in [0.29, 0.717) is 0 Å². The Labute approximate surface area is 147 Å². The lowest BCUT2D eigenvalue weighted by molar-refractivity contribution is 0.0919. The summed E-state index contributed by atoms with van der Waals surface area (Å²) in [6.07, 6.45) is 0. The molecule has 25 heavy (non-hydrogen) atoms. The third-order valence-corrected chi connectivity index (χ3v) is 5.20. The second-order valence-electron chi connectivity index (χ2n) is 6.66. The zero-order valence-corrected chi connectivity index (χ0v) is 15.4. The Kier molecular flexibility index (Phi) is 5.17. The van der Waals surface area contributed by atoms with Crippen molar-refractivity contribution in [1.29, 1.82) is 0 Å². The molecule has 0 radical (unpaired) electrons. The molecule has 0 unspecified atom stereocenters. The van der Waals surface area contributed by atoms with E-state index in [1.807, 2.05) is 20.8 Å². The highest BCUT2D eigenvalue weighted by Gasteiger charge is 2.25. The van der Waals surface area contributed by atoms with Crippen molar-refractivity contribution in [2.45, 2.75) is 31.2 Å². The summed E-state index contributed by atoms with van der Waals surface area (Å²) in [5.41, 5.74) is -0.291. The zero-order chi connectivity index (χ0) is 18.8. The first kappa shape index (κ1) is 18.9. The van der Waals surface area contributed by atoms with Gasteiger partial charge in [0.2, 0.25) is 0 Å². The van der Waals surface area contributed by atoms with E-state index in [4.69, 9.17) is 0 Å². The molecule has 134 valence electrons. The molecule has 0 spiro atoms. The average molecular weight is 364 g/mol. The molecule has 0 aliphatic heterocycles. The van der Waals surface area contributed by atoms with Gasteiger partial charge in [-0.3, -0.25) is 9.10 Å². The van der Waals surface area contributed by atoms with Gasteiger partial charge in [0.1, 0.15) is 5.82 Å². The van der Waals surface area contributed by atoms with Gasteiger partial charge in [0.15, 0.2) is 0 Å². The molecule has 0 heterocycles. The molecule has 7 heteroatoms. The van der Waals surface area contributed by atoms with Crippen molar-refractivity contribution >= 4 is 21.6 Å². The molecule has 0 bridgehead atoms. The average Bonchev–Trinajstić information content (AvgIpc) is 2.53. The minimum Gasteiger partial charge on any atom is -0.347 e. The molecular weight excluding hydrogens is 343 g/mol. The summed E-state index contributed by atoms with van der Waals surface area (Å²) in [6, 6.07) is 11.3. The number of sulfonamides is 1. The van der Waals surface area contributed by atoms with Crippen LogP contribution >= 0.6 is 0 Å². The molecule has 0 atom stereocenters. The fourth-order valence-electron chi connectivity index (χ4n) is 2.21. The highest BCUT2D eigenvalue weighted by atomic mass is 32.2. The predicted octanol–water partition coefficient (Wildman–Crippen LogP) is 3.18. The molecule has 2 rings (SSSR count). The van der Waals surface area contributed by atoms with Gasteiger partial charge in [-0.2, -0.15) is 0 Å². The number of hydrogen-bond acceptors (Lipinski definition) is 3. The van der Waals surface area contributed by atoms with Crippen LogP contribution in [0.4, 0.5) is 10.1 Å². The van der Waals surface area contributed by atoms with Crippen molar-refractivity contribution < 1.29 is 17.6 Å². The van der Waals surface area contributed by atoms with Gasteiger partial charge in [-0.25, -0.2) is 12.8 Å². The quantitative estimate of drug-likeness (QED) is 0.906. The number of para-hydroxylation sites is 1. The highest BCUT2D eigenvalue weighted by molar-refractivity contribution is 7.92. The summed E-state index contributed by atoms with van der Waals surface area (Å²) in [6.45, 7) is 5.49. The molecule has 2 aromatic rings. The van der Waals surface area contributed by atoms with Crippen molar-refractivity contribution in [3.63, 3.8) is 0 Å². The van der Waals surface area contributed by atoms with Crippen LogP contribution in [0.25, 0.3) is 0 Å². The lowest BCUT2D eigenvalue weighted by Crippen LogP contribution is -2.40. The van der Waals surface area contributed by atoms with E-state index in [9.17, 15) is 17.6 Å². The maximum Gasteiger partial charge on any atom is 0.264 e. The smallest absolute Gasteiger partial charge is 0.264 e. The van der Waals surface area contributed by atoms with Gasteiger partial charge in [-0.05, 0) is 51.1 Å².